The Hall–Kier alpha value is -4.53. The number of benzene rings is 1. The van der Waals surface area contributed by atoms with Gasteiger partial charge in [0.15, 0.2) is 0 Å². The Kier molecular flexibility index (Phi) is 5.97. The number of likely N-dealkylation sites (tertiary alicyclic amines) is 1. The molecule has 1 aliphatic rings. The summed E-state index contributed by atoms with van der Waals surface area (Å²) in [6.07, 6.45) is 9.45. The smallest absolute Gasteiger partial charge is 0.252 e. The number of primary amides is 1. The number of nitrogens with two attached hydrogens (primary N) is 1. The molecule has 0 aliphatic carbocycles. The van der Waals surface area contributed by atoms with Gasteiger partial charge >= 0.3 is 0 Å². The predicted molar refractivity (Wildman–Crippen MR) is 131 cm³/mol. The highest BCUT2D eigenvalue weighted by molar-refractivity contribution is 6.07. The van der Waals surface area contributed by atoms with Crippen molar-refractivity contribution in [3.05, 3.63) is 79.4 Å². The topological polar surface area (TPSA) is 116 Å². The summed E-state index contributed by atoms with van der Waals surface area (Å²) < 4.78 is 7.70. The van der Waals surface area contributed by atoms with E-state index in [1.165, 1.54) is 12.3 Å². The number of aromatic nitrogens is 4. The number of carbonyl (C=O) groups is 2. The number of carbonyl (C=O) groups excluding carboxylic acids is 2. The van der Waals surface area contributed by atoms with Crippen LogP contribution in [0.2, 0.25) is 0 Å². The summed E-state index contributed by atoms with van der Waals surface area (Å²) in [6.45, 7) is 4.74. The van der Waals surface area contributed by atoms with Gasteiger partial charge in [0.05, 0.1) is 17.1 Å². The van der Waals surface area contributed by atoms with Crippen molar-refractivity contribution in [3.63, 3.8) is 0 Å². The van der Waals surface area contributed by atoms with Gasteiger partial charge in [-0.05, 0) is 55.3 Å². The maximum atomic E-state index is 12.3. The summed E-state index contributed by atoms with van der Waals surface area (Å²) in [5.74, 6) is 0.666. The van der Waals surface area contributed by atoms with Crippen LogP contribution < -0.4 is 10.5 Å². The van der Waals surface area contributed by atoms with E-state index in [0.29, 0.717) is 41.4 Å². The molecule has 0 radical (unpaired) electrons. The van der Waals surface area contributed by atoms with E-state index >= 15 is 0 Å². The minimum Gasteiger partial charge on any atom is -0.457 e. The second-order valence-corrected chi connectivity index (χ2v) is 8.33. The Bertz CT molecular complexity index is 1400. The monoisotopic (exact) mass is 468 g/mol. The average molecular weight is 469 g/mol. The molecule has 1 fully saturated rings. The summed E-state index contributed by atoms with van der Waals surface area (Å²) in [6, 6.07) is 11.0. The quantitative estimate of drug-likeness (QED) is 0.431. The van der Waals surface area contributed by atoms with Gasteiger partial charge in [0, 0.05) is 48.8 Å². The van der Waals surface area contributed by atoms with Crippen LogP contribution in [0, 0.1) is 0 Å². The number of piperidine rings is 1. The predicted octanol–water partition coefficient (Wildman–Crippen LogP) is 3.73. The lowest BCUT2D eigenvalue weighted by Gasteiger charge is -2.32. The Morgan fingerprint density at radius 2 is 1.80 bits per heavy atom. The van der Waals surface area contributed by atoms with Crippen molar-refractivity contribution in [2.24, 2.45) is 5.73 Å². The van der Waals surface area contributed by atoms with E-state index in [2.05, 4.69) is 16.5 Å². The number of hydrogen-bond donors (Lipinski definition) is 1. The molecule has 1 atom stereocenters. The lowest BCUT2D eigenvalue weighted by Crippen LogP contribution is -2.40. The average Bonchev–Trinajstić information content (AvgIpc) is 3.29. The van der Waals surface area contributed by atoms with Crippen molar-refractivity contribution in [1.29, 1.82) is 0 Å². The molecule has 176 valence electrons. The van der Waals surface area contributed by atoms with Crippen LogP contribution in [0.25, 0.3) is 22.2 Å². The molecule has 1 aliphatic heterocycles. The van der Waals surface area contributed by atoms with Crippen LogP contribution in [0.4, 0.5) is 0 Å². The molecule has 35 heavy (non-hydrogen) atoms. The van der Waals surface area contributed by atoms with Gasteiger partial charge in [-0.15, -0.1) is 0 Å². The highest BCUT2D eigenvalue weighted by Crippen LogP contribution is 2.34. The molecule has 3 aromatic heterocycles. The third-order valence-electron chi connectivity index (χ3n) is 6.12. The van der Waals surface area contributed by atoms with Crippen LogP contribution in [-0.4, -0.2) is 49.6 Å². The molecule has 0 unspecified atom stereocenters. The molecule has 1 saturated heterocycles. The van der Waals surface area contributed by atoms with Gasteiger partial charge < -0.3 is 15.4 Å². The maximum absolute atomic E-state index is 12.3. The van der Waals surface area contributed by atoms with E-state index in [0.717, 1.165) is 23.8 Å². The molecule has 0 spiro atoms. The molecule has 5 rings (SSSR count). The highest BCUT2D eigenvalue weighted by Gasteiger charge is 2.28. The number of ether oxygens (including phenoxy) is 1. The van der Waals surface area contributed by atoms with Crippen LogP contribution in [0.3, 0.4) is 0 Å². The highest BCUT2D eigenvalue weighted by atomic mass is 16.5. The van der Waals surface area contributed by atoms with E-state index in [1.807, 2.05) is 28.9 Å². The number of fused-ring (bicyclic) bond motifs is 1. The van der Waals surface area contributed by atoms with E-state index in [9.17, 15) is 9.59 Å². The lowest BCUT2D eigenvalue weighted by atomic mass is 10.0. The molecule has 4 aromatic rings. The summed E-state index contributed by atoms with van der Waals surface area (Å²) in [5.41, 5.74) is 8.14. The first-order chi connectivity index (χ1) is 17.0. The molecule has 2 amide bonds. The Morgan fingerprint density at radius 1 is 1.06 bits per heavy atom. The van der Waals surface area contributed by atoms with Gasteiger partial charge in [0.25, 0.3) is 5.91 Å². The summed E-state index contributed by atoms with van der Waals surface area (Å²) in [4.78, 5) is 34.5. The van der Waals surface area contributed by atoms with E-state index in [-0.39, 0.29) is 11.9 Å². The van der Waals surface area contributed by atoms with Gasteiger partial charge in [-0.1, -0.05) is 6.58 Å². The Morgan fingerprint density at radius 3 is 2.51 bits per heavy atom. The van der Waals surface area contributed by atoms with Crippen molar-refractivity contribution in [3.8, 4) is 22.8 Å². The van der Waals surface area contributed by atoms with Crippen LogP contribution in [0.1, 0.15) is 29.2 Å². The second kappa shape index (κ2) is 9.38. The number of rotatable bonds is 6. The summed E-state index contributed by atoms with van der Waals surface area (Å²) in [7, 11) is 0. The summed E-state index contributed by atoms with van der Waals surface area (Å²) in [5, 5.41) is 5.63. The number of amides is 2. The summed E-state index contributed by atoms with van der Waals surface area (Å²) >= 11 is 0. The third-order valence-corrected chi connectivity index (χ3v) is 6.12. The van der Waals surface area contributed by atoms with Crippen molar-refractivity contribution in [1.82, 2.24) is 24.6 Å². The SMILES string of the molecule is C=CC(=O)N1CCC[C@@H](n2nc(-c3ccc(Oc4ccncc4)cc3)c3cncc(C(N)=O)c32)C1. The molecule has 0 bridgehead atoms. The molecule has 0 saturated carbocycles. The zero-order chi connectivity index (χ0) is 24.4. The van der Waals surface area contributed by atoms with Crippen molar-refractivity contribution in [2.75, 3.05) is 13.1 Å². The van der Waals surface area contributed by atoms with Gasteiger partial charge in [-0.3, -0.25) is 24.2 Å². The molecular formula is C26H24N6O3. The van der Waals surface area contributed by atoms with Crippen molar-refractivity contribution < 1.29 is 14.3 Å². The van der Waals surface area contributed by atoms with E-state index < -0.39 is 5.91 Å². The van der Waals surface area contributed by atoms with E-state index in [1.54, 1.807) is 35.6 Å². The minimum absolute atomic E-state index is 0.112. The van der Waals surface area contributed by atoms with Crippen molar-refractivity contribution in [2.45, 2.75) is 18.9 Å². The fourth-order valence-corrected chi connectivity index (χ4v) is 4.45. The van der Waals surface area contributed by atoms with Crippen LogP contribution in [0.15, 0.2) is 73.8 Å². The second-order valence-electron chi connectivity index (χ2n) is 8.33. The van der Waals surface area contributed by atoms with Gasteiger partial charge in [0.1, 0.15) is 17.2 Å². The fourth-order valence-electron chi connectivity index (χ4n) is 4.45. The van der Waals surface area contributed by atoms with Gasteiger partial charge in [-0.2, -0.15) is 5.10 Å². The normalized spacial score (nSPS) is 15.7. The Labute approximate surface area is 201 Å². The molecule has 9 heteroatoms. The van der Waals surface area contributed by atoms with Crippen LogP contribution in [0.5, 0.6) is 11.5 Å². The first kappa shape index (κ1) is 22.3. The largest absolute Gasteiger partial charge is 0.457 e. The van der Waals surface area contributed by atoms with Crippen molar-refractivity contribution >= 4 is 22.7 Å². The van der Waals surface area contributed by atoms with Gasteiger partial charge in [-0.25, -0.2) is 0 Å². The number of pyridine rings is 2. The van der Waals surface area contributed by atoms with Crippen LogP contribution >= 0.6 is 0 Å². The molecule has 2 N–H and O–H groups in total. The minimum atomic E-state index is -0.577. The standard InChI is InChI=1S/C26H24N6O3/c1-2-23(33)31-13-3-4-18(16-31)32-25-21(14-29-15-22(25)26(27)34)24(30-32)17-5-7-19(8-6-17)35-20-9-11-28-12-10-20/h2,5-12,14-15,18H,1,3-4,13,16H2,(H2,27,34)/t18-/m1/s1. The molecule has 9 nitrogen and oxygen atoms in total. The molecule has 4 heterocycles. The molecule has 1 aromatic carbocycles. The lowest BCUT2D eigenvalue weighted by molar-refractivity contribution is -0.127. The maximum Gasteiger partial charge on any atom is 0.252 e. The zero-order valence-electron chi connectivity index (χ0n) is 19.0. The third kappa shape index (κ3) is 4.35. The Balaban J connectivity index is 1.55. The fraction of sp³-hybridized carbons (Fsp3) is 0.192. The number of hydrogen-bond acceptors (Lipinski definition) is 6. The zero-order valence-corrected chi connectivity index (χ0v) is 19.0. The number of nitrogens with zero attached hydrogens (tertiary/aromatic N) is 5. The molecular weight excluding hydrogens is 444 g/mol. The van der Waals surface area contributed by atoms with Gasteiger partial charge in [0.2, 0.25) is 5.91 Å². The first-order valence-corrected chi connectivity index (χ1v) is 11.3. The van der Waals surface area contributed by atoms with Crippen LogP contribution in [-0.2, 0) is 4.79 Å². The van der Waals surface area contributed by atoms with E-state index in [4.69, 9.17) is 15.6 Å². The first-order valence-electron chi connectivity index (χ1n) is 11.3.